The summed E-state index contributed by atoms with van der Waals surface area (Å²) in [6.07, 6.45) is 15.6. The molecule has 1 saturated heterocycles. The Kier molecular flexibility index (Phi) is 7.12. The zero-order valence-corrected chi connectivity index (χ0v) is 17.5. The van der Waals surface area contributed by atoms with Crippen molar-refractivity contribution in [2.24, 2.45) is 4.99 Å². The average Bonchev–Trinajstić information content (AvgIpc) is 2.64. The van der Waals surface area contributed by atoms with Crippen LogP contribution in [0.2, 0.25) is 0 Å². The van der Waals surface area contributed by atoms with Crippen molar-refractivity contribution in [3.05, 3.63) is 69.9 Å². The predicted octanol–water partition coefficient (Wildman–Crippen LogP) is 3.42. The smallest absolute Gasteiger partial charge is 0.156 e. The standard InChI is InChI=1S/C21H27BrN4O/c1-3-5-16-7-6-15(9-19(16)25-8-4-2)10-26-20-14-24-13-18(22)21(20)27-17-11-23-12-17/h4-9,14,17,23-24,26H,3,10-13H2,1-2H3/b8-4-,16-5+,25-19+. The topological polar surface area (TPSA) is 57.7 Å². The Morgan fingerprint density at radius 1 is 1.37 bits per heavy atom. The lowest BCUT2D eigenvalue weighted by Gasteiger charge is -2.31. The first kappa shape index (κ1) is 19.7. The third-order valence-corrected chi connectivity index (χ3v) is 5.03. The number of hydrogen-bond donors (Lipinski definition) is 3. The second-order valence-corrected chi connectivity index (χ2v) is 7.50. The van der Waals surface area contributed by atoms with E-state index in [0.29, 0.717) is 6.54 Å². The van der Waals surface area contributed by atoms with Gasteiger partial charge in [0, 0.05) is 38.6 Å². The monoisotopic (exact) mass is 430 g/mol. The van der Waals surface area contributed by atoms with E-state index in [0.717, 1.165) is 47.7 Å². The van der Waals surface area contributed by atoms with Gasteiger partial charge in [0.05, 0.1) is 15.9 Å². The first-order chi connectivity index (χ1) is 13.2. The minimum absolute atomic E-state index is 0.242. The van der Waals surface area contributed by atoms with Crippen molar-refractivity contribution in [3.8, 4) is 0 Å². The van der Waals surface area contributed by atoms with E-state index in [4.69, 9.17) is 4.74 Å². The van der Waals surface area contributed by atoms with Crippen molar-refractivity contribution in [2.45, 2.75) is 26.4 Å². The van der Waals surface area contributed by atoms with Crippen LogP contribution in [0.1, 0.15) is 20.3 Å². The summed E-state index contributed by atoms with van der Waals surface area (Å²) < 4.78 is 7.17. The highest BCUT2D eigenvalue weighted by atomic mass is 79.9. The van der Waals surface area contributed by atoms with Gasteiger partial charge in [0.1, 0.15) is 6.10 Å². The highest BCUT2D eigenvalue weighted by molar-refractivity contribution is 9.11. The van der Waals surface area contributed by atoms with Crippen LogP contribution in [0.5, 0.6) is 0 Å². The van der Waals surface area contributed by atoms with Crippen LogP contribution in [-0.2, 0) is 4.74 Å². The molecule has 0 radical (unpaired) electrons. The fourth-order valence-electron chi connectivity index (χ4n) is 2.86. The van der Waals surface area contributed by atoms with Crippen LogP contribution in [0.25, 0.3) is 0 Å². The Hall–Kier alpha value is -2.05. The maximum Gasteiger partial charge on any atom is 0.156 e. The van der Waals surface area contributed by atoms with Gasteiger partial charge in [-0.25, -0.2) is 0 Å². The SMILES string of the molecule is C\C=C/N=C1\C=C(CNC2=CNCC(Br)=C2OC2CNC2)C=C\C1=C/CC. The molecule has 1 fully saturated rings. The zero-order valence-electron chi connectivity index (χ0n) is 15.9. The normalized spacial score (nSPS) is 23.4. The lowest BCUT2D eigenvalue weighted by molar-refractivity contribution is 0.0732. The zero-order chi connectivity index (χ0) is 19.1. The van der Waals surface area contributed by atoms with Crippen LogP contribution in [0.4, 0.5) is 0 Å². The summed E-state index contributed by atoms with van der Waals surface area (Å²) in [5.41, 5.74) is 4.32. The molecule has 0 amide bonds. The molecular formula is C21H27BrN4O. The molecule has 2 aliphatic heterocycles. The van der Waals surface area contributed by atoms with Gasteiger partial charge in [-0.2, -0.15) is 0 Å². The molecule has 0 aromatic rings. The number of dihydropyridines is 1. The Labute approximate surface area is 169 Å². The molecule has 1 aliphatic carbocycles. The fraction of sp³-hybridized carbons (Fsp3) is 0.381. The first-order valence-corrected chi connectivity index (χ1v) is 10.2. The number of halogens is 1. The van der Waals surface area contributed by atoms with Crippen molar-refractivity contribution in [3.63, 3.8) is 0 Å². The van der Waals surface area contributed by atoms with E-state index in [2.05, 4.69) is 68.1 Å². The van der Waals surface area contributed by atoms with E-state index in [1.807, 2.05) is 25.4 Å². The second kappa shape index (κ2) is 9.76. The van der Waals surface area contributed by atoms with Gasteiger partial charge in [0.2, 0.25) is 0 Å². The average molecular weight is 431 g/mol. The molecule has 5 nitrogen and oxygen atoms in total. The second-order valence-electron chi connectivity index (χ2n) is 6.54. The first-order valence-electron chi connectivity index (χ1n) is 9.43. The van der Waals surface area contributed by atoms with Gasteiger partial charge in [-0.15, -0.1) is 0 Å². The van der Waals surface area contributed by atoms with Crippen LogP contribution in [0.15, 0.2) is 74.9 Å². The summed E-state index contributed by atoms with van der Waals surface area (Å²) in [7, 11) is 0. The van der Waals surface area contributed by atoms with Crippen molar-refractivity contribution in [1.29, 1.82) is 0 Å². The molecule has 27 heavy (non-hydrogen) atoms. The molecule has 3 N–H and O–H groups in total. The highest BCUT2D eigenvalue weighted by Crippen LogP contribution is 2.24. The highest BCUT2D eigenvalue weighted by Gasteiger charge is 2.24. The molecule has 0 spiro atoms. The third-order valence-electron chi connectivity index (χ3n) is 4.39. The Balaban J connectivity index is 1.68. The number of allylic oxidation sites excluding steroid dienone is 5. The molecule has 0 unspecified atom stereocenters. The molecule has 6 heteroatoms. The van der Waals surface area contributed by atoms with Crippen LogP contribution in [0.3, 0.4) is 0 Å². The number of aliphatic imine (C=N–C) groups is 1. The molecular weight excluding hydrogens is 404 g/mol. The Bertz CT molecular complexity index is 767. The molecule has 0 aromatic heterocycles. The number of ether oxygens (including phenoxy) is 1. The van der Waals surface area contributed by atoms with Gasteiger partial charge >= 0.3 is 0 Å². The quantitative estimate of drug-likeness (QED) is 0.578. The van der Waals surface area contributed by atoms with Crippen LogP contribution in [-0.4, -0.2) is 38.0 Å². The van der Waals surface area contributed by atoms with Gasteiger partial charge < -0.3 is 20.7 Å². The summed E-state index contributed by atoms with van der Waals surface area (Å²) in [6.45, 7) is 7.36. The van der Waals surface area contributed by atoms with Crippen LogP contribution >= 0.6 is 15.9 Å². The van der Waals surface area contributed by atoms with E-state index in [9.17, 15) is 0 Å². The lowest BCUT2D eigenvalue weighted by atomic mass is 9.99. The lowest BCUT2D eigenvalue weighted by Crippen LogP contribution is -2.49. The molecule has 3 aliphatic rings. The van der Waals surface area contributed by atoms with E-state index >= 15 is 0 Å². The number of hydrogen-bond acceptors (Lipinski definition) is 5. The summed E-state index contributed by atoms with van der Waals surface area (Å²) in [5.74, 6) is 0.898. The Morgan fingerprint density at radius 3 is 2.93 bits per heavy atom. The van der Waals surface area contributed by atoms with Crippen molar-refractivity contribution in [1.82, 2.24) is 16.0 Å². The van der Waals surface area contributed by atoms with Crippen molar-refractivity contribution in [2.75, 3.05) is 26.2 Å². The minimum atomic E-state index is 0.242. The van der Waals surface area contributed by atoms with Gasteiger partial charge in [-0.05, 0) is 46.5 Å². The van der Waals surface area contributed by atoms with Gasteiger partial charge in [0.25, 0.3) is 0 Å². The van der Waals surface area contributed by atoms with Gasteiger partial charge in [-0.3, -0.25) is 4.99 Å². The summed E-state index contributed by atoms with van der Waals surface area (Å²) in [4.78, 5) is 4.57. The van der Waals surface area contributed by atoms with E-state index in [1.54, 1.807) is 0 Å². The molecule has 0 atom stereocenters. The number of nitrogens with zero attached hydrogens (tertiary/aromatic N) is 1. The molecule has 144 valence electrons. The minimum Gasteiger partial charge on any atom is -0.485 e. The third kappa shape index (κ3) is 5.23. The maximum atomic E-state index is 6.14. The molecule has 0 saturated carbocycles. The maximum absolute atomic E-state index is 6.14. The van der Waals surface area contributed by atoms with E-state index < -0.39 is 0 Å². The van der Waals surface area contributed by atoms with Crippen LogP contribution in [0, 0.1) is 0 Å². The molecule has 0 bridgehead atoms. The summed E-state index contributed by atoms with van der Waals surface area (Å²) in [5, 5.41) is 10.0. The Morgan fingerprint density at radius 2 is 2.22 bits per heavy atom. The largest absolute Gasteiger partial charge is 0.485 e. The fourth-order valence-corrected chi connectivity index (χ4v) is 3.33. The van der Waals surface area contributed by atoms with Crippen molar-refractivity contribution < 1.29 is 4.74 Å². The predicted molar refractivity (Wildman–Crippen MR) is 116 cm³/mol. The number of rotatable bonds is 7. The van der Waals surface area contributed by atoms with Crippen molar-refractivity contribution >= 4 is 21.6 Å². The van der Waals surface area contributed by atoms with E-state index in [1.165, 1.54) is 11.1 Å². The van der Waals surface area contributed by atoms with E-state index in [-0.39, 0.29) is 6.10 Å². The van der Waals surface area contributed by atoms with Gasteiger partial charge in [-0.1, -0.05) is 31.2 Å². The van der Waals surface area contributed by atoms with Crippen LogP contribution < -0.4 is 16.0 Å². The summed E-state index contributed by atoms with van der Waals surface area (Å²) >= 11 is 3.63. The number of nitrogens with one attached hydrogen (secondary N) is 3. The summed E-state index contributed by atoms with van der Waals surface area (Å²) in [6, 6.07) is 0. The molecule has 2 heterocycles. The molecule has 0 aromatic carbocycles. The molecule has 3 rings (SSSR count). The van der Waals surface area contributed by atoms with Gasteiger partial charge in [0.15, 0.2) is 5.76 Å².